The van der Waals surface area contributed by atoms with Gasteiger partial charge in [0.1, 0.15) is 11.4 Å². The number of amides is 2. The largest absolute Gasteiger partial charge is 0.485 e. The van der Waals surface area contributed by atoms with Crippen molar-refractivity contribution in [3.8, 4) is 5.75 Å². The van der Waals surface area contributed by atoms with Crippen LogP contribution in [0.4, 0.5) is 0 Å². The molecule has 1 aromatic carbocycles. The summed E-state index contributed by atoms with van der Waals surface area (Å²) in [5.41, 5.74) is 0.0487. The Kier molecular flexibility index (Phi) is 5.31. The van der Waals surface area contributed by atoms with Gasteiger partial charge in [0.2, 0.25) is 5.91 Å². The fourth-order valence-electron chi connectivity index (χ4n) is 4.63. The van der Waals surface area contributed by atoms with Crippen molar-refractivity contribution < 1.29 is 14.3 Å². The highest BCUT2D eigenvalue weighted by molar-refractivity contribution is 6.31. The van der Waals surface area contributed by atoms with E-state index in [-0.39, 0.29) is 17.7 Å². The van der Waals surface area contributed by atoms with Crippen LogP contribution in [0.1, 0.15) is 68.1 Å². The normalized spacial score (nSPS) is 28.6. The average molecular weight is 391 g/mol. The number of carbonyl (C=O) groups is 2. The summed E-state index contributed by atoms with van der Waals surface area (Å²) in [4.78, 5) is 25.0. The first-order valence-electron chi connectivity index (χ1n) is 10.1. The van der Waals surface area contributed by atoms with Gasteiger partial charge in [-0.05, 0) is 56.7 Å². The van der Waals surface area contributed by atoms with Crippen LogP contribution in [0.5, 0.6) is 5.75 Å². The van der Waals surface area contributed by atoms with Crippen molar-refractivity contribution in [3.05, 3.63) is 28.8 Å². The molecule has 0 atom stereocenters. The van der Waals surface area contributed by atoms with Gasteiger partial charge in [-0.25, -0.2) is 0 Å². The molecule has 5 nitrogen and oxygen atoms in total. The second-order valence-corrected chi connectivity index (χ2v) is 8.66. The van der Waals surface area contributed by atoms with Gasteiger partial charge < -0.3 is 15.4 Å². The van der Waals surface area contributed by atoms with E-state index in [4.69, 9.17) is 16.3 Å². The van der Waals surface area contributed by atoms with Gasteiger partial charge in [-0.1, -0.05) is 30.9 Å². The zero-order valence-electron chi connectivity index (χ0n) is 15.6. The Labute approximate surface area is 165 Å². The lowest BCUT2D eigenvalue weighted by atomic mass is 9.78. The molecule has 0 aromatic heterocycles. The van der Waals surface area contributed by atoms with Gasteiger partial charge in [-0.15, -0.1) is 0 Å². The number of hydrogen-bond acceptors (Lipinski definition) is 3. The van der Waals surface area contributed by atoms with Crippen molar-refractivity contribution in [1.82, 2.24) is 10.6 Å². The fraction of sp³-hybridized carbons (Fsp3) is 0.619. The molecule has 1 heterocycles. The van der Waals surface area contributed by atoms with Gasteiger partial charge in [0.05, 0.1) is 12.1 Å². The summed E-state index contributed by atoms with van der Waals surface area (Å²) in [6.07, 6.45) is 9.04. The summed E-state index contributed by atoms with van der Waals surface area (Å²) in [6, 6.07) is 5.52. The summed E-state index contributed by atoms with van der Waals surface area (Å²) in [6.45, 7) is 0.467. The van der Waals surface area contributed by atoms with Crippen molar-refractivity contribution in [1.29, 1.82) is 0 Å². The number of hydrogen-bond donors (Lipinski definition) is 2. The van der Waals surface area contributed by atoms with E-state index >= 15 is 0 Å². The van der Waals surface area contributed by atoms with E-state index < -0.39 is 5.60 Å². The molecule has 27 heavy (non-hydrogen) atoms. The molecule has 0 bridgehead atoms. The molecule has 0 saturated heterocycles. The number of ether oxygens (including phenoxy) is 1. The predicted molar refractivity (Wildman–Crippen MR) is 104 cm³/mol. The van der Waals surface area contributed by atoms with Crippen LogP contribution in [-0.2, 0) is 4.79 Å². The highest BCUT2D eigenvalue weighted by Gasteiger charge is 2.42. The van der Waals surface area contributed by atoms with E-state index in [1.165, 1.54) is 19.3 Å². The predicted octanol–water partition coefficient (Wildman–Crippen LogP) is 3.84. The number of benzene rings is 1. The highest BCUT2D eigenvalue weighted by Crippen LogP contribution is 2.39. The van der Waals surface area contributed by atoms with E-state index in [0.717, 1.165) is 38.5 Å². The molecule has 1 aromatic rings. The fourth-order valence-corrected chi connectivity index (χ4v) is 4.80. The van der Waals surface area contributed by atoms with E-state index in [2.05, 4.69) is 10.6 Å². The maximum atomic E-state index is 12.7. The smallest absolute Gasteiger partial charge is 0.255 e. The number of nitrogens with one attached hydrogen (secondary N) is 2. The minimum absolute atomic E-state index is 0.0461. The lowest BCUT2D eigenvalue weighted by Gasteiger charge is -2.39. The van der Waals surface area contributed by atoms with Crippen LogP contribution in [-0.4, -0.2) is 30.0 Å². The maximum Gasteiger partial charge on any atom is 0.255 e. The third-order valence-corrected chi connectivity index (χ3v) is 6.54. The van der Waals surface area contributed by atoms with Gasteiger partial charge in [0, 0.05) is 17.0 Å². The molecule has 4 rings (SSSR count). The molecule has 1 spiro atoms. The van der Waals surface area contributed by atoms with E-state index in [0.29, 0.717) is 28.9 Å². The first-order valence-corrected chi connectivity index (χ1v) is 10.5. The molecule has 1 aliphatic heterocycles. The Bertz CT molecular complexity index is 722. The summed E-state index contributed by atoms with van der Waals surface area (Å²) in [5.74, 6) is 0.674. The third kappa shape index (κ3) is 4.08. The maximum absolute atomic E-state index is 12.7. The highest BCUT2D eigenvalue weighted by atomic mass is 35.5. The lowest BCUT2D eigenvalue weighted by molar-refractivity contribution is -0.128. The van der Waals surface area contributed by atoms with Gasteiger partial charge in [0.25, 0.3) is 5.91 Å². The van der Waals surface area contributed by atoms with Gasteiger partial charge in [-0.2, -0.15) is 0 Å². The summed E-state index contributed by atoms with van der Waals surface area (Å²) in [7, 11) is 0. The Morgan fingerprint density at radius 2 is 1.89 bits per heavy atom. The first kappa shape index (κ1) is 18.6. The van der Waals surface area contributed by atoms with Crippen molar-refractivity contribution in [3.63, 3.8) is 0 Å². The minimum atomic E-state index is -0.434. The van der Waals surface area contributed by atoms with E-state index in [1.54, 1.807) is 18.2 Å². The molecule has 2 fully saturated rings. The topological polar surface area (TPSA) is 67.4 Å². The van der Waals surface area contributed by atoms with Crippen molar-refractivity contribution in [2.24, 2.45) is 5.92 Å². The van der Waals surface area contributed by atoms with Gasteiger partial charge >= 0.3 is 0 Å². The van der Waals surface area contributed by atoms with Crippen LogP contribution in [0.25, 0.3) is 0 Å². The Morgan fingerprint density at radius 1 is 1.15 bits per heavy atom. The van der Waals surface area contributed by atoms with E-state index in [9.17, 15) is 9.59 Å². The van der Waals surface area contributed by atoms with Crippen molar-refractivity contribution in [2.75, 3.05) is 6.54 Å². The Hall–Kier alpha value is -1.75. The van der Waals surface area contributed by atoms with Crippen LogP contribution < -0.4 is 15.4 Å². The van der Waals surface area contributed by atoms with Gasteiger partial charge in [0.15, 0.2) is 0 Å². The molecule has 3 aliphatic rings. The second-order valence-electron chi connectivity index (χ2n) is 8.23. The average Bonchev–Trinajstić information content (AvgIpc) is 2.81. The molecule has 2 amide bonds. The molecule has 2 saturated carbocycles. The number of fused-ring (bicyclic) bond motifs is 1. The van der Waals surface area contributed by atoms with Crippen LogP contribution in [0.2, 0.25) is 5.02 Å². The number of carbonyl (C=O) groups excluding carboxylic acids is 2. The van der Waals surface area contributed by atoms with Gasteiger partial charge in [-0.3, -0.25) is 9.59 Å². The summed E-state index contributed by atoms with van der Waals surface area (Å²) >= 11 is 6.03. The minimum Gasteiger partial charge on any atom is -0.485 e. The first-order chi connectivity index (χ1) is 13.0. The molecule has 2 aliphatic carbocycles. The lowest BCUT2D eigenvalue weighted by Crippen LogP contribution is -2.50. The summed E-state index contributed by atoms with van der Waals surface area (Å²) < 4.78 is 6.32. The second kappa shape index (κ2) is 7.70. The third-order valence-electron chi connectivity index (χ3n) is 6.30. The van der Waals surface area contributed by atoms with Crippen LogP contribution >= 0.6 is 11.6 Å². The number of rotatable bonds is 2. The molecule has 6 heteroatoms. The molecule has 146 valence electrons. The Morgan fingerprint density at radius 3 is 2.63 bits per heavy atom. The quantitative estimate of drug-likeness (QED) is 0.806. The molecular weight excluding hydrogens is 364 g/mol. The molecular formula is C21H27ClN2O3. The standard InChI is InChI=1S/C21H27ClN2O3/c22-15-6-7-18-17(12-15)20(26)23-13-21(27-18)10-8-14(9-11-21)19(25)24-16-4-2-1-3-5-16/h6-7,12,14,16H,1-5,8-11,13H2,(H,23,26)(H,24,25). The Balaban J connectivity index is 1.39. The van der Waals surface area contributed by atoms with Crippen LogP contribution in [0, 0.1) is 5.92 Å². The van der Waals surface area contributed by atoms with E-state index in [1.807, 2.05) is 0 Å². The zero-order valence-corrected chi connectivity index (χ0v) is 16.3. The van der Waals surface area contributed by atoms with Crippen molar-refractivity contribution >= 4 is 23.4 Å². The van der Waals surface area contributed by atoms with Crippen LogP contribution in [0.15, 0.2) is 18.2 Å². The van der Waals surface area contributed by atoms with Crippen molar-refractivity contribution in [2.45, 2.75) is 69.4 Å². The van der Waals surface area contributed by atoms with Crippen LogP contribution in [0.3, 0.4) is 0 Å². The molecule has 0 unspecified atom stereocenters. The molecule has 2 N–H and O–H groups in total. The number of halogens is 1. The SMILES string of the molecule is O=C1NCC2(CCC(C(=O)NC3CCCCC3)CC2)Oc2ccc(Cl)cc21. The monoisotopic (exact) mass is 390 g/mol. The zero-order chi connectivity index (χ0) is 18.9. The molecule has 0 radical (unpaired) electrons. The summed E-state index contributed by atoms with van der Waals surface area (Å²) in [5, 5.41) is 6.75.